The van der Waals surface area contributed by atoms with Crippen LogP contribution in [-0.2, 0) is 4.12 Å². The van der Waals surface area contributed by atoms with Gasteiger partial charge in [0, 0.05) is 6.07 Å². The molecule has 0 amide bonds. The summed E-state index contributed by atoms with van der Waals surface area (Å²) in [5, 5.41) is 9.12. The predicted molar refractivity (Wildman–Crippen MR) is 109 cm³/mol. The zero-order chi connectivity index (χ0) is 19.6. The molecule has 1 rings (SSSR count). The number of rotatable bonds is 13. The SMILES string of the molecule is C[Si](C)(C)O[Si](C)(O)CCCCCCCCCOc1ccc(O)c(F)c1. The van der Waals surface area contributed by atoms with Gasteiger partial charge in [-0.15, -0.1) is 0 Å². The first-order chi connectivity index (χ1) is 12.1. The second-order valence-corrected chi connectivity index (χ2v) is 16.0. The number of aromatic hydroxyl groups is 1. The van der Waals surface area contributed by atoms with Crippen molar-refractivity contribution in [3.63, 3.8) is 0 Å². The standard InChI is InChI=1S/C19H35FO4Si2/c1-25(2,3)24-26(4,22)15-11-9-7-5-6-8-10-14-23-17-12-13-19(21)18(20)16-17/h12-13,16,21-22H,5-11,14-15H2,1-4H3. The van der Waals surface area contributed by atoms with Gasteiger partial charge in [-0.2, -0.15) is 0 Å². The van der Waals surface area contributed by atoms with Gasteiger partial charge in [0.25, 0.3) is 0 Å². The Balaban J connectivity index is 1.98. The average molecular weight is 403 g/mol. The fraction of sp³-hybridized carbons (Fsp3) is 0.684. The van der Waals surface area contributed by atoms with Crippen LogP contribution in [0.5, 0.6) is 11.5 Å². The Bertz CT molecular complexity index is 533. The van der Waals surface area contributed by atoms with Crippen LogP contribution in [0, 0.1) is 5.82 Å². The molecule has 0 saturated carbocycles. The molecule has 4 nitrogen and oxygen atoms in total. The first kappa shape index (κ1) is 23.1. The van der Waals surface area contributed by atoms with E-state index in [0.717, 1.165) is 38.1 Å². The van der Waals surface area contributed by atoms with Gasteiger partial charge in [-0.3, -0.25) is 0 Å². The fourth-order valence-electron chi connectivity index (χ4n) is 2.92. The number of ether oxygens (including phenoxy) is 1. The second-order valence-electron chi connectivity index (χ2n) is 8.08. The first-order valence-electron chi connectivity index (χ1n) is 9.63. The van der Waals surface area contributed by atoms with Crippen LogP contribution in [0.1, 0.15) is 44.9 Å². The van der Waals surface area contributed by atoms with E-state index < -0.39 is 22.7 Å². The van der Waals surface area contributed by atoms with E-state index in [1.807, 2.05) is 6.55 Å². The third-order valence-electron chi connectivity index (χ3n) is 4.00. The molecule has 7 heteroatoms. The lowest BCUT2D eigenvalue weighted by Crippen LogP contribution is -2.44. The molecule has 1 unspecified atom stereocenters. The number of benzene rings is 1. The molecule has 0 aliphatic rings. The molecule has 0 bridgehead atoms. The van der Waals surface area contributed by atoms with Gasteiger partial charge in [0.2, 0.25) is 0 Å². The van der Waals surface area contributed by atoms with Crippen molar-refractivity contribution < 1.29 is 23.1 Å². The summed E-state index contributed by atoms with van der Waals surface area (Å²) in [5.41, 5.74) is 0. The van der Waals surface area contributed by atoms with Crippen molar-refractivity contribution in [3.05, 3.63) is 24.0 Å². The normalized spacial score (nSPS) is 14.2. The van der Waals surface area contributed by atoms with Crippen LogP contribution in [0.2, 0.25) is 32.2 Å². The zero-order valence-electron chi connectivity index (χ0n) is 16.7. The summed E-state index contributed by atoms with van der Waals surface area (Å²) in [5.74, 6) is -0.551. The van der Waals surface area contributed by atoms with E-state index in [0.29, 0.717) is 12.4 Å². The predicted octanol–water partition coefficient (Wildman–Crippen LogP) is 5.56. The summed E-state index contributed by atoms with van der Waals surface area (Å²) in [6.07, 6.45) is 7.74. The molecule has 26 heavy (non-hydrogen) atoms. The minimum Gasteiger partial charge on any atom is -0.505 e. The molecule has 2 N–H and O–H groups in total. The van der Waals surface area contributed by atoms with Gasteiger partial charge < -0.3 is 18.8 Å². The number of phenolic OH excluding ortho intramolecular Hbond substituents is 1. The summed E-state index contributed by atoms with van der Waals surface area (Å²) < 4.78 is 24.6. The third-order valence-corrected chi connectivity index (χ3v) is 9.49. The van der Waals surface area contributed by atoms with Gasteiger partial charge in [0.15, 0.2) is 19.9 Å². The Kier molecular flexibility index (Phi) is 9.85. The third kappa shape index (κ3) is 11.0. The van der Waals surface area contributed by atoms with Gasteiger partial charge in [0.1, 0.15) is 5.75 Å². The molecule has 0 aromatic heterocycles. The maximum absolute atomic E-state index is 13.2. The lowest BCUT2D eigenvalue weighted by Gasteiger charge is -2.29. The van der Waals surface area contributed by atoms with Crippen LogP contribution in [0.15, 0.2) is 18.2 Å². The van der Waals surface area contributed by atoms with Gasteiger partial charge in [0.05, 0.1) is 6.61 Å². The molecular weight excluding hydrogens is 367 g/mol. The quantitative estimate of drug-likeness (QED) is 0.335. The van der Waals surface area contributed by atoms with Crippen LogP contribution >= 0.6 is 0 Å². The zero-order valence-corrected chi connectivity index (χ0v) is 18.7. The monoisotopic (exact) mass is 402 g/mol. The van der Waals surface area contributed by atoms with Crippen molar-refractivity contribution in [2.75, 3.05) is 6.61 Å². The molecular formula is C19H35FO4Si2. The van der Waals surface area contributed by atoms with Crippen molar-refractivity contribution in [1.29, 1.82) is 0 Å². The van der Waals surface area contributed by atoms with Crippen molar-refractivity contribution in [2.24, 2.45) is 0 Å². The van der Waals surface area contributed by atoms with Crippen molar-refractivity contribution in [1.82, 2.24) is 0 Å². The topological polar surface area (TPSA) is 58.9 Å². The minimum absolute atomic E-state index is 0.353. The molecule has 150 valence electrons. The summed E-state index contributed by atoms with van der Waals surface area (Å²) in [7, 11) is -4.11. The van der Waals surface area contributed by atoms with Crippen LogP contribution in [0.4, 0.5) is 4.39 Å². The average Bonchev–Trinajstić information content (AvgIpc) is 2.50. The first-order valence-corrected chi connectivity index (χ1v) is 15.6. The Morgan fingerprint density at radius 2 is 1.50 bits per heavy atom. The molecule has 1 atom stereocenters. The largest absolute Gasteiger partial charge is 0.505 e. The molecule has 1 aromatic rings. The number of unbranched alkanes of at least 4 members (excludes halogenated alkanes) is 6. The van der Waals surface area contributed by atoms with Gasteiger partial charge >= 0.3 is 8.56 Å². The molecule has 0 fully saturated rings. The van der Waals surface area contributed by atoms with Crippen LogP contribution in [-0.4, -0.2) is 33.4 Å². The lowest BCUT2D eigenvalue weighted by atomic mass is 10.1. The smallest absolute Gasteiger partial charge is 0.321 e. The van der Waals surface area contributed by atoms with E-state index in [-0.39, 0.29) is 5.75 Å². The van der Waals surface area contributed by atoms with Crippen molar-refractivity contribution in [3.8, 4) is 11.5 Å². The van der Waals surface area contributed by atoms with Gasteiger partial charge in [-0.1, -0.05) is 38.5 Å². The Morgan fingerprint density at radius 3 is 2.08 bits per heavy atom. The molecule has 0 radical (unpaired) electrons. The highest BCUT2D eigenvalue weighted by atomic mass is 28.4. The molecule has 0 aliphatic heterocycles. The maximum Gasteiger partial charge on any atom is 0.321 e. The number of phenols is 1. The highest BCUT2D eigenvalue weighted by molar-refractivity contribution is 6.81. The van der Waals surface area contributed by atoms with E-state index >= 15 is 0 Å². The Morgan fingerprint density at radius 1 is 0.923 bits per heavy atom. The van der Waals surface area contributed by atoms with Gasteiger partial charge in [-0.25, -0.2) is 4.39 Å². The molecule has 1 aromatic carbocycles. The van der Waals surface area contributed by atoms with Crippen molar-refractivity contribution >= 4 is 16.9 Å². The summed E-state index contributed by atoms with van der Waals surface area (Å²) in [6.45, 7) is 8.83. The molecule has 0 saturated heterocycles. The lowest BCUT2D eigenvalue weighted by molar-refractivity contribution is 0.301. The van der Waals surface area contributed by atoms with Crippen LogP contribution < -0.4 is 4.74 Å². The van der Waals surface area contributed by atoms with Crippen LogP contribution in [0.25, 0.3) is 0 Å². The Labute approximate surface area is 159 Å². The van der Waals surface area contributed by atoms with Gasteiger partial charge in [-0.05, 0) is 50.8 Å². The number of hydrogen-bond acceptors (Lipinski definition) is 4. The van der Waals surface area contributed by atoms with E-state index in [2.05, 4.69) is 19.6 Å². The number of halogens is 1. The molecule has 0 aliphatic carbocycles. The van der Waals surface area contributed by atoms with E-state index in [4.69, 9.17) is 14.0 Å². The van der Waals surface area contributed by atoms with Crippen LogP contribution in [0.3, 0.4) is 0 Å². The molecule has 0 heterocycles. The fourth-order valence-corrected chi connectivity index (χ4v) is 9.51. The maximum atomic E-state index is 13.2. The Hall–Kier alpha value is -0.896. The highest BCUT2D eigenvalue weighted by Crippen LogP contribution is 2.22. The van der Waals surface area contributed by atoms with E-state index in [1.54, 1.807) is 6.07 Å². The number of hydrogen-bond donors (Lipinski definition) is 2. The second kappa shape index (κ2) is 11.1. The van der Waals surface area contributed by atoms with E-state index in [9.17, 15) is 9.19 Å². The molecule has 0 spiro atoms. The minimum atomic E-state index is -2.46. The summed E-state index contributed by atoms with van der Waals surface area (Å²) >= 11 is 0. The van der Waals surface area contributed by atoms with Crippen molar-refractivity contribution in [2.45, 2.75) is 77.2 Å². The van der Waals surface area contributed by atoms with E-state index in [1.165, 1.54) is 25.0 Å². The highest BCUT2D eigenvalue weighted by Gasteiger charge is 2.32. The summed E-state index contributed by atoms with van der Waals surface area (Å²) in [6, 6.07) is 4.91. The summed E-state index contributed by atoms with van der Waals surface area (Å²) in [4.78, 5) is 10.4.